The van der Waals surface area contributed by atoms with Gasteiger partial charge in [-0.3, -0.25) is 0 Å². The molecule has 0 radical (unpaired) electrons. The van der Waals surface area contributed by atoms with Gasteiger partial charge in [-0.25, -0.2) is 4.79 Å². The van der Waals surface area contributed by atoms with Crippen molar-refractivity contribution in [1.82, 2.24) is 0 Å². The van der Waals surface area contributed by atoms with Crippen molar-refractivity contribution in [1.29, 1.82) is 0 Å². The fourth-order valence-corrected chi connectivity index (χ4v) is 2.75. The minimum atomic E-state index is -0.945. The lowest BCUT2D eigenvalue weighted by Crippen LogP contribution is -2.19. The molecule has 1 fully saturated rings. The first kappa shape index (κ1) is 14.0. The van der Waals surface area contributed by atoms with E-state index < -0.39 is 5.97 Å². The number of hydrogen-bond donors (Lipinski definition) is 2. The van der Waals surface area contributed by atoms with Gasteiger partial charge in [-0.2, -0.15) is 0 Å². The highest BCUT2D eigenvalue weighted by molar-refractivity contribution is 6.33. The van der Waals surface area contributed by atoms with E-state index in [9.17, 15) is 4.79 Å². The Morgan fingerprint density at radius 1 is 1.19 bits per heavy atom. The summed E-state index contributed by atoms with van der Waals surface area (Å²) in [5.41, 5.74) is 2.40. The Balaban J connectivity index is 1.76. The molecule has 3 rings (SSSR count). The summed E-state index contributed by atoms with van der Waals surface area (Å²) in [6.07, 6.45) is 2.28. The number of carboxylic acid groups (broad SMARTS) is 1. The summed E-state index contributed by atoms with van der Waals surface area (Å²) in [5, 5.41) is 12.9. The molecule has 2 aromatic rings. The number of nitrogens with one attached hydrogen (secondary N) is 1. The third-order valence-corrected chi connectivity index (χ3v) is 4.40. The molecule has 2 N–H and O–H groups in total. The second-order valence-corrected chi connectivity index (χ2v) is 5.91. The lowest BCUT2D eigenvalue weighted by Gasteiger charge is -2.18. The average Bonchev–Trinajstić information content (AvgIpc) is 3.28. The molecule has 0 atom stereocenters. The van der Waals surface area contributed by atoms with Crippen LogP contribution in [0.4, 0.5) is 5.69 Å². The van der Waals surface area contributed by atoms with Crippen LogP contribution in [-0.4, -0.2) is 17.6 Å². The normalized spacial score (nSPS) is 15.5. The molecule has 3 nitrogen and oxygen atoms in total. The fraction of sp³-hybridized carbons (Fsp3) is 0.235. The number of hydrogen-bond acceptors (Lipinski definition) is 2. The third kappa shape index (κ3) is 2.88. The van der Waals surface area contributed by atoms with Crippen molar-refractivity contribution in [3.63, 3.8) is 0 Å². The molecular formula is C17H16ClNO2. The summed E-state index contributed by atoms with van der Waals surface area (Å²) in [6, 6.07) is 15.1. The number of rotatable bonds is 5. The van der Waals surface area contributed by atoms with Crippen LogP contribution in [0.1, 0.15) is 28.8 Å². The van der Waals surface area contributed by atoms with Crippen molar-refractivity contribution in [2.75, 3.05) is 11.9 Å². The van der Waals surface area contributed by atoms with Crippen LogP contribution in [0.15, 0.2) is 48.5 Å². The topological polar surface area (TPSA) is 49.3 Å². The third-order valence-electron chi connectivity index (χ3n) is 4.07. The molecule has 0 bridgehead atoms. The van der Waals surface area contributed by atoms with Crippen LogP contribution in [0.3, 0.4) is 0 Å². The molecule has 2 aromatic carbocycles. The number of carbonyl (C=O) groups is 1. The molecule has 0 spiro atoms. The van der Waals surface area contributed by atoms with Crippen LogP contribution in [0.2, 0.25) is 5.02 Å². The van der Waals surface area contributed by atoms with Gasteiger partial charge in [-0.1, -0.05) is 41.9 Å². The Labute approximate surface area is 128 Å². The van der Waals surface area contributed by atoms with E-state index in [2.05, 4.69) is 17.4 Å². The number of aromatic carboxylic acids is 1. The van der Waals surface area contributed by atoms with Crippen LogP contribution in [0.25, 0.3) is 0 Å². The first-order valence-corrected chi connectivity index (χ1v) is 7.31. The Morgan fingerprint density at radius 2 is 1.90 bits per heavy atom. The first-order chi connectivity index (χ1) is 10.1. The summed E-state index contributed by atoms with van der Waals surface area (Å²) in [5.74, 6) is -0.945. The Bertz CT molecular complexity index is 666. The van der Waals surface area contributed by atoms with Crippen molar-refractivity contribution in [2.45, 2.75) is 18.3 Å². The quantitative estimate of drug-likeness (QED) is 0.871. The van der Waals surface area contributed by atoms with Gasteiger partial charge in [0.25, 0.3) is 0 Å². The van der Waals surface area contributed by atoms with Crippen LogP contribution in [0, 0.1) is 0 Å². The monoisotopic (exact) mass is 301 g/mol. The van der Waals surface area contributed by atoms with Crippen LogP contribution >= 0.6 is 11.6 Å². The van der Waals surface area contributed by atoms with Gasteiger partial charge in [-0.05, 0) is 36.6 Å². The highest BCUT2D eigenvalue weighted by Crippen LogP contribution is 2.48. The maximum Gasteiger partial charge on any atom is 0.335 e. The van der Waals surface area contributed by atoms with E-state index in [0.717, 1.165) is 19.4 Å². The Hall–Kier alpha value is -2.00. The zero-order valence-corrected chi connectivity index (χ0v) is 12.2. The zero-order chi connectivity index (χ0) is 14.9. The molecule has 0 heterocycles. The lowest BCUT2D eigenvalue weighted by molar-refractivity contribution is 0.0697. The molecule has 21 heavy (non-hydrogen) atoms. The molecule has 1 aliphatic rings. The average molecular weight is 302 g/mol. The van der Waals surface area contributed by atoms with E-state index in [1.165, 1.54) is 11.6 Å². The minimum absolute atomic E-state index is 0.157. The summed E-state index contributed by atoms with van der Waals surface area (Å²) < 4.78 is 0. The molecule has 0 saturated heterocycles. The predicted molar refractivity (Wildman–Crippen MR) is 84.3 cm³/mol. The largest absolute Gasteiger partial charge is 0.478 e. The Morgan fingerprint density at radius 3 is 2.52 bits per heavy atom. The number of anilines is 1. The second-order valence-electron chi connectivity index (χ2n) is 5.50. The van der Waals surface area contributed by atoms with Gasteiger partial charge in [0.1, 0.15) is 0 Å². The number of halogens is 1. The van der Waals surface area contributed by atoms with E-state index >= 15 is 0 Å². The highest BCUT2D eigenvalue weighted by Gasteiger charge is 2.43. The van der Waals surface area contributed by atoms with Crippen LogP contribution in [-0.2, 0) is 5.41 Å². The predicted octanol–water partition coefficient (Wildman–Crippen LogP) is 4.18. The van der Waals surface area contributed by atoms with Gasteiger partial charge in [0.2, 0.25) is 0 Å². The fourth-order valence-electron chi connectivity index (χ4n) is 2.57. The van der Waals surface area contributed by atoms with Crippen LogP contribution < -0.4 is 5.32 Å². The summed E-state index contributed by atoms with van der Waals surface area (Å²) >= 11 is 6.14. The summed E-state index contributed by atoms with van der Waals surface area (Å²) in [6.45, 7) is 0.764. The Kier molecular flexibility index (Phi) is 3.60. The van der Waals surface area contributed by atoms with Crippen molar-refractivity contribution in [3.8, 4) is 0 Å². The van der Waals surface area contributed by atoms with E-state index in [0.29, 0.717) is 10.7 Å². The number of carboxylic acids is 1. The molecule has 0 amide bonds. The molecule has 0 unspecified atom stereocenters. The minimum Gasteiger partial charge on any atom is -0.478 e. The van der Waals surface area contributed by atoms with E-state index in [1.807, 2.05) is 18.2 Å². The molecular weight excluding hydrogens is 286 g/mol. The van der Waals surface area contributed by atoms with E-state index in [1.54, 1.807) is 12.1 Å². The maximum absolute atomic E-state index is 11.0. The SMILES string of the molecule is O=C(O)c1ccc(Cl)c(NCC2(c3ccccc3)CC2)c1. The van der Waals surface area contributed by atoms with E-state index in [-0.39, 0.29) is 11.0 Å². The lowest BCUT2D eigenvalue weighted by atomic mass is 9.96. The standard InChI is InChI=1S/C17H16ClNO2/c18-14-7-6-12(16(20)21)10-15(14)19-11-17(8-9-17)13-4-2-1-3-5-13/h1-7,10,19H,8-9,11H2,(H,20,21). The van der Waals surface area contributed by atoms with Gasteiger partial charge >= 0.3 is 5.97 Å². The van der Waals surface area contributed by atoms with Crippen molar-refractivity contribution < 1.29 is 9.90 Å². The highest BCUT2D eigenvalue weighted by atomic mass is 35.5. The molecule has 4 heteroatoms. The maximum atomic E-state index is 11.0. The van der Waals surface area contributed by atoms with Gasteiger partial charge in [0.15, 0.2) is 0 Å². The molecule has 108 valence electrons. The van der Waals surface area contributed by atoms with E-state index in [4.69, 9.17) is 16.7 Å². The first-order valence-electron chi connectivity index (χ1n) is 6.93. The molecule has 1 aliphatic carbocycles. The van der Waals surface area contributed by atoms with Crippen LogP contribution in [0.5, 0.6) is 0 Å². The smallest absolute Gasteiger partial charge is 0.335 e. The van der Waals surface area contributed by atoms with Crippen molar-refractivity contribution in [2.24, 2.45) is 0 Å². The van der Waals surface area contributed by atoms with Gasteiger partial charge < -0.3 is 10.4 Å². The molecule has 0 aliphatic heterocycles. The van der Waals surface area contributed by atoms with Gasteiger partial charge in [0.05, 0.1) is 16.3 Å². The molecule has 1 saturated carbocycles. The van der Waals surface area contributed by atoms with Gasteiger partial charge in [0, 0.05) is 12.0 Å². The summed E-state index contributed by atoms with van der Waals surface area (Å²) in [7, 11) is 0. The summed E-state index contributed by atoms with van der Waals surface area (Å²) in [4.78, 5) is 11.0. The zero-order valence-electron chi connectivity index (χ0n) is 11.5. The van der Waals surface area contributed by atoms with Crippen molar-refractivity contribution >= 4 is 23.3 Å². The van der Waals surface area contributed by atoms with Gasteiger partial charge in [-0.15, -0.1) is 0 Å². The number of benzene rings is 2. The molecule has 0 aromatic heterocycles. The second kappa shape index (κ2) is 5.41. The van der Waals surface area contributed by atoms with Crippen molar-refractivity contribution in [3.05, 3.63) is 64.7 Å².